The van der Waals surface area contributed by atoms with Crippen LogP contribution in [0.25, 0.3) is 0 Å². The van der Waals surface area contributed by atoms with Crippen LogP contribution >= 0.6 is 11.3 Å². The number of thiazole rings is 1. The van der Waals surface area contributed by atoms with E-state index in [0.717, 1.165) is 25.3 Å². The number of piperazine rings is 1. The highest BCUT2D eigenvalue weighted by atomic mass is 32.1. The molecule has 112 valence electrons. The molecule has 2 N–H and O–H groups in total. The van der Waals surface area contributed by atoms with Crippen LogP contribution in [0.5, 0.6) is 0 Å². The molecule has 1 aliphatic rings. The van der Waals surface area contributed by atoms with E-state index < -0.39 is 0 Å². The molecule has 21 heavy (non-hydrogen) atoms. The first kappa shape index (κ1) is 14.5. The number of rotatable bonds is 3. The summed E-state index contributed by atoms with van der Waals surface area (Å²) in [5.74, 6) is 0. The molecule has 1 fully saturated rings. The fourth-order valence-corrected chi connectivity index (χ4v) is 3.51. The monoisotopic (exact) mass is 303 g/mol. The van der Waals surface area contributed by atoms with Gasteiger partial charge < -0.3 is 10.3 Å². The van der Waals surface area contributed by atoms with E-state index in [9.17, 15) is 4.79 Å². The van der Waals surface area contributed by atoms with E-state index in [1.165, 1.54) is 16.9 Å². The number of benzene rings is 1. The average molecular weight is 303 g/mol. The third-order valence-corrected chi connectivity index (χ3v) is 5.00. The Morgan fingerprint density at radius 3 is 2.81 bits per heavy atom. The molecule has 4 nitrogen and oxygen atoms in total. The molecule has 2 unspecified atom stereocenters. The van der Waals surface area contributed by atoms with Gasteiger partial charge in [0.05, 0.1) is 5.54 Å². The third-order valence-electron chi connectivity index (χ3n) is 4.29. The Kier molecular flexibility index (Phi) is 3.97. The Morgan fingerprint density at radius 1 is 1.38 bits per heavy atom. The molecule has 0 radical (unpaired) electrons. The fraction of sp³-hybridized carbons (Fsp3) is 0.438. The predicted octanol–water partition coefficient (Wildman–Crippen LogP) is 2.15. The average Bonchev–Trinajstić information content (AvgIpc) is 2.89. The lowest BCUT2D eigenvalue weighted by Gasteiger charge is -2.45. The molecule has 2 atom stereocenters. The Balaban J connectivity index is 1.79. The molecule has 0 aliphatic carbocycles. The van der Waals surface area contributed by atoms with Gasteiger partial charge in [-0.05, 0) is 19.4 Å². The van der Waals surface area contributed by atoms with E-state index in [1.54, 1.807) is 0 Å². The van der Waals surface area contributed by atoms with Gasteiger partial charge in [-0.15, -0.1) is 0 Å². The molecular formula is C16H21N3OS. The molecule has 1 saturated heterocycles. The van der Waals surface area contributed by atoms with Crippen LogP contribution in [-0.4, -0.2) is 29.0 Å². The minimum absolute atomic E-state index is 0.0265. The minimum atomic E-state index is -0.0515. The van der Waals surface area contributed by atoms with Gasteiger partial charge in [0.1, 0.15) is 0 Å². The summed E-state index contributed by atoms with van der Waals surface area (Å²) in [4.78, 5) is 16.7. The first-order valence-electron chi connectivity index (χ1n) is 7.28. The summed E-state index contributed by atoms with van der Waals surface area (Å²) < 4.78 is 0. The normalized spacial score (nSPS) is 26.9. The number of aromatic nitrogens is 1. The van der Waals surface area contributed by atoms with Gasteiger partial charge in [0.25, 0.3) is 0 Å². The first-order chi connectivity index (χ1) is 10.1. The van der Waals surface area contributed by atoms with Crippen molar-refractivity contribution in [3.63, 3.8) is 0 Å². The van der Waals surface area contributed by atoms with Crippen molar-refractivity contribution in [1.82, 2.24) is 15.2 Å². The molecule has 2 heterocycles. The Morgan fingerprint density at radius 2 is 2.14 bits per heavy atom. The van der Waals surface area contributed by atoms with Crippen molar-refractivity contribution >= 4 is 11.3 Å². The van der Waals surface area contributed by atoms with Gasteiger partial charge >= 0.3 is 4.87 Å². The molecular weight excluding hydrogens is 282 g/mol. The highest BCUT2D eigenvalue weighted by molar-refractivity contribution is 7.07. The van der Waals surface area contributed by atoms with Crippen LogP contribution in [-0.2, 0) is 12.1 Å². The molecule has 3 rings (SSSR count). The molecule has 1 aromatic heterocycles. The van der Waals surface area contributed by atoms with Gasteiger partial charge in [-0.3, -0.25) is 9.69 Å². The number of nitrogens with zero attached hydrogens (tertiary/aromatic N) is 1. The maximum atomic E-state index is 11.3. The molecule has 0 saturated carbocycles. The zero-order valence-corrected chi connectivity index (χ0v) is 13.2. The van der Waals surface area contributed by atoms with Crippen molar-refractivity contribution in [2.45, 2.75) is 32.0 Å². The van der Waals surface area contributed by atoms with E-state index >= 15 is 0 Å². The Labute approximate surface area is 128 Å². The second-order valence-electron chi connectivity index (χ2n) is 6.01. The summed E-state index contributed by atoms with van der Waals surface area (Å²) in [5.41, 5.74) is 2.26. The Bertz CT molecular complexity index is 651. The summed E-state index contributed by atoms with van der Waals surface area (Å²) >= 11 is 1.24. The first-order valence-corrected chi connectivity index (χ1v) is 8.16. The van der Waals surface area contributed by atoms with E-state index in [2.05, 4.69) is 53.3 Å². The van der Waals surface area contributed by atoms with Gasteiger partial charge in [-0.1, -0.05) is 41.7 Å². The van der Waals surface area contributed by atoms with Crippen LogP contribution in [0.15, 0.2) is 40.5 Å². The molecule has 0 bridgehead atoms. The number of nitrogens with one attached hydrogen (secondary N) is 2. The fourth-order valence-electron chi connectivity index (χ4n) is 2.94. The summed E-state index contributed by atoms with van der Waals surface area (Å²) in [5, 5.41) is 5.60. The summed E-state index contributed by atoms with van der Waals surface area (Å²) in [6, 6.07) is 11.0. The molecule has 2 aromatic rings. The standard InChI is InChI=1S/C16H21N3OS/c1-12-8-17-16(2,13-6-4-3-5-7-13)11-19(12)9-14-10-21-15(20)18-14/h3-7,10,12,17H,8-9,11H2,1-2H3,(H,18,20). The number of hydrogen-bond acceptors (Lipinski definition) is 4. The molecule has 1 aromatic carbocycles. The summed E-state index contributed by atoms with van der Waals surface area (Å²) in [6.45, 7) is 7.14. The molecule has 0 spiro atoms. The van der Waals surface area contributed by atoms with Crippen molar-refractivity contribution in [2.24, 2.45) is 0 Å². The van der Waals surface area contributed by atoms with Crippen molar-refractivity contribution in [3.8, 4) is 0 Å². The Hall–Kier alpha value is -1.43. The second kappa shape index (κ2) is 5.75. The van der Waals surface area contributed by atoms with E-state index in [4.69, 9.17) is 0 Å². The summed E-state index contributed by atoms with van der Waals surface area (Å²) in [7, 11) is 0. The van der Waals surface area contributed by atoms with E-state index in [-0.39, 0.29) is 10.4 Å². The van der Waals surface area contributed by atoms with Gasteiger partial charge in [0.2, 0.25) is 0 Å². The zero-order valence-electron chi connectivity index (χ0n) is 12.4. The quantitative estimate of drug-likeness (QED) is 0.913. The van der Waals surface area contributed by atoms with Gasteiger partial charge in [-0.25, -0.2) is 0 Å². The van der Waals surface area contributed by atoms with E-state index in [0.29, 0.717) is 6.04 Å². The topological polar surface area (TPSA) is 48.1 Å². The van der Waals surface area contributed by atoms with Crippen LogP contribution in [0.4, 0.5) is 0 Å². The van der Waals surface area contributed by atoms with Crippen LogP contribution in [0.2, 0.25) is 0 Å². The minimum Gasteiger partial charge on any atom is -0.315 e. The van der Waals surface area contributed by atoms with Crippen LogP contribution in [0.1, 0.15) is 25.1 Å². The lowest BCUT2D eigenvalue weighted by atomic mass is 9.88. The molecule has 0 amide bonds. The number of H-pyrrole nitrogens is 1. The largest absolute Gasteiger partial charge is 0.315 e. The molecule has 5 heteroatoms. The van der Waals surface area contributed by atoms with Crippen LogP contribution in [0, 0.1) is 0 Å². The maximum absolute atomic E-state index is 11.3. The highest BCUT2D eigenvalue weighted by Crippen LogP contribution is 2.27. The lowest BCUT2D eigenvalue weighted by molar-refractivity contribution is 0.0868. The molecule has 1 aliphatic heterocycles. The number of hydrogen-bond donors (Lipinski definition) is 2. The second-order valence-corrected chi connectivity index (χ2v) is 6.85. The van der Waals surface area contributed by atoms with Crippen molar-refractivity contribution in [3.05, 3.63) is 56.6 Å². The van der Waals surface area contributed by atoms with Crippen molar-refractivity contribution in [1.29, 1.82) is 0 Å². The maximum Gasteiger partial charge on any atom is 0.304 e. The zero-order chi connectivity index (χ0) is 14.9. The van der Waals surface area contributed by atoms with Gasteiger partial charge in [0, 0.05) is 36.8 Å². The number of aromatic amines is 1. The lowest BCUT2D eigenvalue weighted by Crippen LogP contribution is -2.59. The third kappa shape index (κ3) is 3.10. The highest BCUT2D eigenvalue weighted by Gasteiger charge is 2.35. The van der Waals surface area contributed by atoms with Crippen molar-refractivity contribution < 1.29 is 0 Å². The van der Waals surface area contributed by atoms with Crippen LogP contribution in [0.3, 0.4) is 0 Å². The van der Waals surface area contributed by atoms with Crippen LogP contribution < -0.4 is 10.2 Å². The SMILES string of the molecule is CC1CNC(C)(c2ccccc2)CN1Cc1csc(=O)[nH]1. The van der Waals surface area contributed by atoms with Gasteiger partial charge in [0.15, 0.2) is 0 Å². The smallest absolute Gasteiger partial charge is 0.304 e. The predicted molar refractivity (Wildman–Crippen MR) is 86.6 cm³/mol. The summed E-state index contributed by atoms with van der Waals surface area (Å²) in [6.07, 6.45) is 0. The van der Waals surface area contributed by atoms with Gasteiger partial charge in [-0.2, -0.15) is 0 Å². The van der Waals surface area contributed by atoms with E-state index in [1.807, 2.05) is 11.4 Å². The van der Waals surface area contributed by atoms with Crippen molar-refractivity contribution in [2.75, 3.05) is 13.1 Å².